The number of benzene rings is 1. The summed E-state index contributed by atoms with van der Waals surface area (Å²) in [6.45, 7) is 9.27. The number of para-hydroxylation sites is 1. The minimum Gasteiger partial charge on any atom is -0.493 e. The molecular formula is C19H31IN6O. The standard InChI is InChI=1S/C19H30N6O.HI/c1-5-18-24-23-14-25(18)11-10-21-19(20-4)22-12-16-8-6-7-9-17(16)26-13-15(2)3;/h6-9,14-15H,5,10-13H2,1-4H3,(H2,20,21,22);1H. The third kappa shape index (κ3) is 7.74. The average Bonchev–Trinajstić information content (AvgIpc) is 3.10. The predicted molar refractivity (Wildman–Crippen MR) is 120 cm³/mol. The normalized spacial score (nSPS) is 11.2. The first-order valence-electron chi connectivity index (χ1n) is 9.16. The molecule has 2 aromatic rings. The summed E-state index contributed by atoms with van der Waals surface area (Å²) in [4.78, 5) is 4.28. The second kappa shape index (κ2) is 12.5. The lowest BCUT2D eigenvalue weighted by Gasteiger charge is -2.16. The number of rotatable bonds is 9. The summed E-state index contributed by atoms with van der Waals surface area (Å²) in [5.41, 5.74) is 1.11. The highest BCUT2D eigenvalue weighted by atomic mass is 127. The fraction of sp³-hybridized carbons (Fsp3) is 0.526. The fourth-order valence-electron chi connectivity index (χ4n) is 2.48. The van der Waals surface area contributed by atoms with Crippen molar-refractivity contribution in [3.8, 4) is 5.75 Å². The van der Waals surface area contributed by atoms with Crippen LogP contribution in [0.15, 0.2) is 35.6 Å². The molecule has 1 heterocycles. The molecule has 0 aliphatic heterocycles. The Morgan fingerprint density at radius 2 is 2.04 bits per heavy atom. The SMILES string of the molecule is CCc1nncn1CCNC(=NC)NCc1ccccc1OCC(C)C.I. The van der Waals surface area contributed by atoms with Gasteiger partial charge >= 0.3 is 0 Å². The van der Waals surface area contributed by atoms with Crippen molar-refractivity contribution in [1.29, 1.82) is 0 Å². The summed E-state index contributed by atoms with van der Waals surface area (Å²) in [6.07, 6.45) is 2.64. The highest BCUT2D eigenvalue weighted by Gasteiger charge is 2.06. The Kier molecular flexibility index (Phi) is 10.8. The van der Waals surface area contributed by atoms with E-state index in [1.54, 1.807) is 13.4 Å². The molecular weight excluding hydrogens is 455 g/mol. The number of guanidine groups is 1. The zero-order chi connectivity index (χ0) is 18.8. The van der Waals surface area contributed by atoms with Crippen LogP contribution in [0.2, 0.25) is 0 Å². The molecule has 8 heteroatoms. The number of aryl methyl sites for hydroxylation is 1. The molecule has 27 heavy (non-hydrogen) atoms. The van der Waals surface area contributed by atoms with Gasteiger partial charge in [0.05, 0.1) is 6.61 Å². The van der Waals surface area contributed by atoms with Crippen molar-refractivity contribution in [2.24, 2.45) is 10.9 Å². The summed E-state index contributed by atoms with van der Waals surface area (Å²) in [5, 5.41) is 14.7. The predicted octanol–water partition coefficient (Wildman–Crippen LogP) is 2.86. The second-order valence-electron chi connectivity index (χ2n) is 6.46. The van der Waals surface area contributed by atoms with E-state index in [9.17, 15) is 0 Å². The molecule has 2 rings (SSSR count). The number of nitrogens with one attached hydrogen (secondary N) is 2. The summed E-state index contributed by atoms with van der Waals surface area (Å²) < 4.78 is 7.95. The van der Waals surface area contributed by atoms with Crippen molar-refractivity contribution in [3.63, 3.8) is 0 Å². The minimum atomic E-state index is 0. The molecule has 7 nitrogen and oxygen atoms in total. The molecule has 0 spiro atoms. The van der Waals surface area contributed by atoms with Crippen LogP contribution in [0.25, 0.3) is 0 Å². The first-order chi connectivity index (χ1) is 12.6. The minimum absolute atomic E-state index is 0. The van der Waals surface area contributed by atoms with Crippen molar-refractivity contribution < 1.29 is 4.74 Å². The van der Waals surface area contributed by atoms with E-state index >= 15 is 0 Å². The summed E-state index contributed by atoms with van der Waals surface area (Å²) in [5.74, 6) is 3.16. The maximum Gasteiger partial charge on any atom is 0.191 e. The number of halogens is 1. The van der Waals surface area contributed by atoms with Gasteiger partial charge in [0.1, 0.15) is 17.9 Å². The lowest BCUT2D eigenvalue weighted by atomic mass is 10.2. The van der Waals surface area contributed by atoms with E-state index in [4.69, 9.17) is 4.74 Å². The van der Waals surface area contributed by atoms with E-state index in [2.05, 4.69) is 57.2 Å². The van der Waals surface area contributed by atoms with Gasteiger partial charge < -0.3 is 19.9 Å². The van der Waals surface area contributed by atoms with Gasteiger partial charge in [-0.1, -0.05) is 39.0 Å². The zero-order valence-corrected chi connectivity index (χ0v) is 18.9. The van der Waals surface area contributed by atoms with E-state index in [0.717, 1.165) is 42.6 Å². The monoisotopic (exact) mass is 486 g/mol. The van der Waals surface area contributed by atoms with E-state index in [0.29, 0.717) is 19.1 Å². The van der Waals surface area contributed by atoms with Gasteiger partial charge in [-0.15, -0.1) is 34.2 Å². The largest absolute Gasteiger partial charge is 0.493 e. The Morgan fingerprint density at radius 1 is 1.26 bits per heavy atom. The van der Waals surface area contributed by atoms with Crippen LogP contribution >= 0.6 is 24.0 Å². The third-order valence-corrected chi connectivity index (χ3v) is 3.87. The summed E-state index contributed by atoms with van der Waals surface area (Å²) >= 11 is 0. The second-order valence-corrected chi connectivity index (χ2v) is 6.46. The molecule has 0 saturated heterocycles. The Balaban J connectivity index is 0.00000364. The van der Waals surface area contributed by atoms with Crippen molar-refractivity contribution in [2.75, 3.05) is 20.2 Å². The number of aromatic nitrogens is 3. The van der Waals surface area contributed by atoms with Gasteiger partial charge in [-0.2, -0.15) is 0 Å². The first kappa shape index (κ1) is 23.2. The fourth-order valence-corrected chi connectivity index (χ4v) is 2.48. The molecule has 150 valence electrons. The van der Waals surface area contributed by atoms with Crippen LogP contribution in [-0.4, -0.2) is 40.9 Å². The van der Waals surface area contributed by atoms with Crippen LogP contribution in [0.5, 0.6) is 5.75 Å². The molecule has 2 N–H and O–H groups in total. The molecule has 0 unspecified atom stereocenters. The molecule has 1 aromatic carbocycles. The van der Waals surface area contributed by atoms with Crippen LogP contribution in [0, 0.1) is 5.92 Å². The van der Waals surface area contributed by atoms with E-state index < -0.39 is 0 Å². The topological polar surface area (TPSA) is 76.4 Å². The van der Waals surface area contributed by atoms with Gasteiger partial charge in [0.25, 0.3) is 0 Å². The molecule has 1 aromatic heterocycles. The maximum absolute atomic E-state index is 5.90. The summed E-state index contributed by atoms with van der Waals surface area (Å²) in [6, 6.07) is 8.10. The molecule has 0 saturated carbocycles. The van der Waals surface area contributed by atoms with Crippen LogP contribution in [0.1, 0.15) is 32.2 Å². The molecule has 0 aliphatic carbocycles. The third-order valence-electron chi connectivity index (χ3n) is 3.87. The smallest absolute Gasteiger partial charge is 0.191 e. The van der Waals surface area contributed by atoms with Crippen LogP contribution in [0.3, 0.4) is 0 Å². The molecule has 0 bridgehead atoms. The Bertz CT molecular complexity index is 701. The van der Waals surface area contributed by atoms with Gasteiger partial charge in [0, 0.05) is 38.7 Å². The molecule has 0 aliphatic rings. The van der Waals surface area contributed by atoms with Crippen LogP contribution in [0.4, 0.5) is 0 Å². The van der Waals surface area contributed by atoms with Crippen LogP contribution < -0.4 is 15.4 Å². The average molecular weight is 486 g/mol. The Hall–Kier alpha value is -1.84. The lowest BCUT2D eigenvalue weighted by molar-refractivity contribution is 0.268. The van der Waals surface area contributed by atoms with Gasteiger partial charge in [-0.3, -0.25) is 4.99 Å². The number of aliphatic imine (C=N–C) groups is 1. The summed E-state index contributed by atoms with van der Waals surface area (Å²) in [7, 11) is 1.77. The maximum atomic E-state index is 5.90. The highest BCUT2D eigenvalue weighted by Crippen LogP contribution is 2.18. The van der Waals surface area contributed by atoms with Gasteiger partial charge in [-0.25, -0.2) is 0 Å². The molecule has 0 radical (unpaired) electrons. The Labute approximate surface area is 179 Å². The van der Waals surface area contributed by atoms with Gasteiger partial charge in [0.2, 0.25) is 0 Å². The molecule has 0 fully saturated rings. The van der Waals surface area contributed by atoms with Gasteiger partial charge in [0.15, 0.2) is 5.96 Å². The highest BCUT2D eigenvalue weighted by molar-refractivity contribution is 14.0. The van der Waals surface area contributed by atoms with Crippen molar-refractivity contribution >= 4 is 29.9 Å². The van der Waals surface area contributed by atoms with Crippen molar-refractivity contribution in [2.45, 2.75) is 40.3 Å². The Morgan fingerprint density at radius 3 is 2.74 bits per heavy atom. The number of hydrogen-bond donors (Lipinski definition) is 2. The zero-order valence-electron chi connectivity index (χ0n) is 16.6. The van der Waals surface area contributed by atoms with E-state index in [1.807, 2.05) is 18.2 Å². The molecule has 0 amide bonds. The lowest BCUT2D eigenvalue weighted by Crippen LogP contribution is -2.38. The van der Waals surface area contributed by atoms with Crippen LogP contribution in [-0.2, 0) is 19.5 Å². The van der Waals surface area contributed by atoms with Crippen molar-refractivity contribution in [1.82, 2.24) is 25.4 Å². The number of hydrogen-bond acceptors (Lipinski definition) is 4. The van der Waals surface area contributed by atoms with E-state index in [1.165, 1.54) is 0 Å². The quantitative estimate of drug-likeness (QED) is 0.324. The van der Waals surface area contributed by atoms with Gasteiger partial charge in [-0.05, 0) is 12.0 Å². The molecule has 0 atom stereocenters. The number of nitrogens with zero attached hydrogens (tertiary/aromatic N) is 4. The first-order valence-corrected chi connectivity index (χ1v) is 9.16. The van der Waals surface area contributed by atoms with E-state index in [-0.39, 0.29) is 24.0 Å². The number of ether oxygens (including phenoxy) is 1. The van der Waals surface area contributed by atoms with Crippen molar-refractivity contribution in [3.05, 3.63) is 42.0 Å².